The molecule has 0 aliphatic carbocycles. The lowest BCUT2D eigenvalue weighted by atomic mass is 10.1. The molecule has 0 amide bonds. The number of hydrogen-bond donors (Lipinski definition) is 0. The van der Waals surface area contributed by atoms with Crippen LogP contribution in [0, 0.1) is 0 Å². The number of fused-ring (bicyclic) bond motifs is 10. The molecule has 0 radical (unpaired) electrons. The van der Waals surface area contributed by atoms with Gasteiger partial charge in [-0.3, -0.25) is 0 Å². The summed E-state index contributed by atoms with van der Waals surface area (Å²) in [7, 11) is 0. The van der Waals surface area contributed by atoms with Crippen LogP contribution < -0.4 is 0 Å². The third kappa shape index (κ3) is 4.50. The van der Waals surface area contributed by atoms with Gasteiger partial charge in [-0.25, -0.2) is 9.67 Å². The minimum atomic E-state index is 0.689. The van der Waals surface area contributed by atoms with Gasteiger partial charge in [0, 0.05) is 49.4 Å². The van der Waals surface area contributed by atoms with E-state index in [9.17, 15) is 0 Å². The quantitative estimate of drug-likeness (QED) is 0.178. The Morgan fingerprint density at radius 3 is 1.82 bits per heavy atom. The first-order valence-corrected chi connectivity index (χ1v) is 18.8. The predicted octanol–water partition coefficient (Wildman–Crippen LogP) is 12.7. The smallest absolute Gasteiger partial charge is 0.182 e. The maximum atomic E-state index is 6.40. The third-order valence-corrected chi connectivity index (χ3v) is 11.1. The fourth-order valence-corrected chi connectivity index (χ4v) is 8.65. The standard InChI is InChI=1S/C50H31N5O/c1-3-14-32(15-4-1)49-51-50(55(52-49)34-16-5-2-6-17-34)33-26-28-44-41(30-33)38-21-8-10-23-42(38)53(44)35-18-13-19-36(31-35)54-43-24-11-7-20-37(43)39-27-29-46-47(48(39)54)40-22-9-12-25-45(40)56-46/h1-31H. The first kappa shape index (κ1) is 30.7. The van der Waals surface area contributed by atoms with E-state index in [0.29, 0.717) is 5.82 Å². The molecule has 8 aromatic carbocycles. The van der Waals surface area contributed by atoms with Crippen LogP contribution in [0.3, 0.4) is 0 Å². The second-order valence-electron chi connectivity index (χ2n) is 14.3. The van der Waals surface area contributed by atoms with Crippen LogP contribution in [-0.4, -0.2) is 23.9 Å². The Bertz CT molecular complexity index is 3480. The number of nitrogens with zero attached hydrogens (tertiary/aromatic N) is 5. The average Bonchev–Trinajstić information content (AvgIpc) is 4.04. The molecule has 4 aromatic heterocycles. The molecule has 6 nitrogen and oxygen atoms in total. The molecule has 0 saturated carbocycles. The van der Waals surface area contributed by atoms with Crippen LogP contribution >= 0.6 is 0 Å². The molecule has 0 bridgehead atoms. The number of furan rings is 1. The van der Waals surface area contributed by atoms with Crippen molar-refractivity contribution in [1.29, 1.82) is 0 Å². The van der Waals surface area contributed by atoms with E-state index in [1.807, 2.05) is 47.1 Å². The highest BCUT2D eigenvalue weighted by Crippen LogP contribution is 2.42. The van der Waals surface area contributed by atoms with Gasteiger partial charge in [-0.2, -0.15) is 0 Å². The van der Waals surface area contributed by atoms with E-state index in [1.165, 1.54) is 16.2 Å². The monoisotopic (exact) mass is 717 g/mol. The Kier molecular flexibility index (Phi) is 6.53. The van der Waals surface area contributed by atoms with Crippen LogP contribution in [0.25, 0.3) is 105 Å². The molecule has 0 aliphatic rings. The van der Waals surface area contributed by atoms with Gasteiger partial charge < -0.3 is 13.6 Å². The van der Waals surface area contributed by atoms with E-state index < -0.39 is 0 Å². The van der Waals surface area contributed by atoms with Gasteiger partial charge in [-0.05, 0) is 78.9 Å². The van der Waals surface area contributed by atoms with Crippen molar-refractivity contribution in [2.75, 3.05) is 0 Å². The van der Waals surface area contributed by atoms with E-state index in [-0.39, 0.29) is 0 Å². The molecule has 12 rings (SSSR count). The molecule has 56 heavy (non-hydrogen) atoms. The van der Waals surface area contributed by atoms with Crippen molar-refractivity contribution in [2.24, 2.45) is 0 Å². The topological polar surface area (TPSA) is 53.7 Å². The van der Waals surface area contributed by atoms with Crippen molar-refractivity contribution in [1.82, 2.24) is 23.9 Å². The van der Waals surface area contributed by atoms with Gasteiger partial charge >= 0.3 is 0 Å². The summed E-state index contributed by atoms with van der Waals surface area (Å²) in [6, 6.07) is 66.0. The summed E-state index contributed by atoms with van der Waals surface area (Å²) in [4.78, 5) is 5.14. The highest BCUT2D eigenvalue weighted by atomic mass is 16.3. The largest absolute Gasteiger partial charge is 0.456 e. The van der Waals surface area contributed by atoms with Crippen LogP contribution in [0.2, 0.25) is 0 Å². The van der Waals surface area contributed by atoms with E-state index in [0.717, 1.165) is 83.4 Å². The molecule has 12 aromatic rings. The zero-order chi connectivity index (χ0) is 36.7. The Balaban J connectivity index is 1.08. The zero-order valence-corrected chi connectivity index (χ0v) is 30.0. The van der Waals surface area contributed by atoms with Crippen molar-refractivity contribution in [3.05, 3.63) is 188 Å². The van der Waals surface area contributed by atoms with Crippen molar-refractivity contribution in [2.45, 2.75) is 0 Å². The van der Waals surface area contributed by atoms with Gasteiger partial charge in [0.05, 0.1) is 33.1 Å². The van der Waals surface area contributed by atoms with Gasteiger partial charge in [-0.15, -0.1) is 5.10 Å². The molecular weight excluding hydrogens is 687 g/mol. The Morgan fingerprint density at radius 1 is 0.393 bits per heavy atom. The second kappa shape index (κ2) is 11.9. The zero-order valence-electron chi connectivity index (χ0n) is 30.0. The number of benzene rings is 8. The summed E-state index contributed by atoms with van der Waals surface area (Å²) < 4.78 is 13.1. The molecule has 6 heteroatoms. The lowest BCUT2D eigenvalue weighted by Crippen LogP contribution is -2.00. The summed E-state index contributed by atoms with van der Waals surface area (Å²) in [5.41, 5.74) is 11.4. The SMILES string of the molecule is c1ccc(-c2nc(-c3ccc4c(c3)c3ccccc3n4-c3cccc(-n4c5ccccc5c5ccc6oc7ccccc7c6c54)c3)n(-c3ccccc3)n2)cc1. The molecule has 0 atom stereocenters. The highest BCUT2D eigenvalue weighted by molar-refractivity contribution is 6.24. The van der Waals surface area contributed by atoms with Gasteiger partial charge in [0.15, 0.2) is 11.6 Å². The summed E-state index contributed by atoms with van der Waals surface area (Å²) in [5.74, 6) is 1.48. The molecule has 0 aliphatic heterocycles. The van der Waals surface area contributed by atoms with E-state index in [1.54, 1.807) is 0 Å². The van der Waals surface area contributed by atoms with Crippen molar-refractivity contribution in [3.63, 3.8) is 0 Å². The third-order valence-electron chi connectivity index (χ3n) is 11.1. The molecule has 262 valence electrons. The summed E-state index contributed by atoms with van der Waals surface area (Å²) >= 11 is 0. The Morgan fingerprint density at radius 2 is 1.02 bits per heavy atom. The van der Waals surface area contributed by atoms with Crippen LogP contribution in [-0.2, 0) is 0 Å². The lowest BCUT2D eigenvalue weighted by molar-refractivity contribution is 0.669. The summed E-state index contributed by atoms with van der Waals surface area (Å²) in [6.07, 6.45) is 0. The molecule has 0 unspecified atom stereocenters. The summed E-state index contributed by atoms with van der Waals surface area (Å²) in [6.45, 7) is 0. The molecule has 0 N–H and O–H groups in total. The fourth-order valence-electron chi connectivity index (χ4n) is 8.65. The van der Waals surface area contributed by atoms with Gasteiger partial charge in [0.2, 0.25) is 0 Å². The van der Waals surface area contributed by atoms with Crippen LogP contribution in [0.4, 0.5) is 0 Å². The van der Waals surface area contributed by atoms with E-state index in [2.05, 4.69) is 155 Å². The van der Waals surface area contributed by atoms with Gasteiger partial charge in [0.25, 0.3) is 0 Å². The normalized spacial score (nSPS) is 11.9. The van der Waals surface area contributed by atoms with Crippen LogP contribution in [0.15, 0.2) is 192 Å². The molecule has 4 heterocycles. The van der Waals surface area contributed by atoms with E-state index in [4.69, 9.17) is 14.5 Å². The number of rotatable bonds is 5. The number of hydrogen-bond acceptors (Lipinski definition) is 3. The second-order valence-corrected chi connectivity index (χ2v) is 14.3. The van der Waals surface area contributed by atoms with Gasteiger partial charge in [-0.1, -0.05) is 109 Å². The van der Waals surface area contributed by atoms with E-state index >= 15 is 0 Å². The first-order chi connectivity index (χ1) is 27.8. The van der Waals surface area contributed by atoms with Crippen LogP contribution in [0.5, 0.6) is 0 Å². The Labute approximate surface area is 320 Å². The molecule has 0 saturated heterocycles. The predicted molar refractivity (Wildman–Crippen MR) is 228 cm³/mol. The fraction of sp³-hybridized carbons (Fsp3) is 0. The van der Waals surface area contributed by atoms with Gasteiger partial charge in [0.1, 0.15) is 11.2 Å². The number of aromatic nitrogens is 5. The van der Waals surface area contributed by atoms with Crippen LogP contribution in [0.1, 0.15) is 0 Å². The Hall–Kier alpha value is -7.70. The minimum Gasteiger partial charge on any atom is -0.456 e. The minimum absolute atomic E-state index is 0.689. The maximum absolute atomic E-state index is 6.40. The maximum Gasteiger partial charge on any atom is 0.182 e. The molecule has 0 spiro atoms. The average molecular weight is 718 g/mol. The molecular formula is C50H31N5O. The molecule has 0 fully saturated rings. The van der Waals surface area contributed by atoms with Crippen molar-refractivity contribution >= 4 is 65.6 Å². The van der Waals surface area contributed by atoms with Crippen molar-refractivity contribution in [3.8, 4) is 39.8 Å². The summed E-state index contributed by atoms with van der Waals surface area (Å²) in [5, 5.41) is 12.0. The highest BCUT2D eigenvalue weighted by Gasteiger charge is 2.21. The van der Waals surface area contributed by atoms with Crippen molar-refractivity contribution < 1.29 is 4.42 Å². The lowest BCUT2D eigenvalue weighted by Gasteiger charge is -2.13. The first-order valence-electron chi connectivity index (χ1n) is 18.8. The number of para-hydroxylation sites is 4.